The molecule has 1 saturated carbocycles. The Morgan fingerprint density at radius 1 is 1.26 bits per heavy atom. The quantitative estimate of drug-likeness (QED) is 0.550. The zero-order valence-electron chi connectivity index (χ0n) is 19.3. The fourth-order valence-corrected chi connectivity index (χ4v) is 4.20. The van der Waals surface area contributed by atoms with Crippen molar-refractivity contribution in [2.24, 2.45) is 5.92 Å². The summed E-state index contributed by atoms with van der Waals surface area (Å²) in [5.74, 6) is 1.58. The van der Waals surface area contributed by atoms with E-state index in [1.54, 1.807) is 12.0 Å². The average Bonchev–Trinajstić information content (AvgIpc) is 2.75. The van der Waals surface area contributed by atoms with Crippen molar-refractivity contribution < 1.29 is 22.7 Å². The molecule has 0 spiro atoms. The van der Waals surface area contributed by atoms with E-state index in [0.29, 0.717) is 41.4 Å². The Labute approximate surface area is 194 Å². The highest BCUT2D eigenvalue weighted by atomic mass is 19.4. The fourth-order valence-electron chi connectivity index (χ4n) is 4.20. The van der Waals surface area contributed by atoms with Gasteiger partial charge in [-0.05, 0) is 32.6 Å². The number of amides is 1. The maximum atomic E-state index is 12.6. The molecule has 1 fully saturated rings. The van der Waals surface area contributed by atoms with Gasteiger partial charge in [-0.3, -0.25) is 4.79 Å². The van der Waals surface area contributed by atoms with Crippen molar-refractivity contribution in [3.05, 3.63) is 23.8 Å². The number of aryl methyl sites for hydroxylation is 1. The number of methoxy groups -OCH3 is 1. The molecule has 4 rings (SSSR count). The maximum Gasteiger partial charge on any atom is 0.434 e. The predicted octanol–water partition coefficient (Wildman–Crippen LogP) is 2.69. The van der Waals surface area contributed by atoms with Crippen LogP contribution in [0, 0.1) is 12.8 Å². The number of fused-ring (bicyclic) bond motifs is 1. The van der Waals surface area contributed by atoms with Gasteiger partial charge in [-0.25, -0.2) is 15.0 Å². The SMILES string of the molecule is CO[C@H](C)[C@H]1C(=O)Nc2c(C)nc(NC3CC(CNc4cnc(C(F)(F)F)cn4)C3)nc2N1C. The van der Waals surface area contributed by atoms with Crippen molar-refractivity contribution in [1.29, 1.82) is 0 Å². The number of nitrogens with one attached hydrogen (secondary N) is 3. The Hall–Kier alpha value is -3.22. The molecular formula is C21H27F3N8O2. The second-order valence-electron chi connectivity index (χ2n) is 8.66. The molecule has 2 aliphatic rings. The van der Waals surface area contributed by atoms with E-state index in [4.69, 9.17) is 4.74 Å². The Kier molecular flexibility index (Phi) is 6.47. The number of carbonyl (C=O) groups is 1. The van der Waals surface area contributed by atoms with Crippen molar-refractivity contribution >= 4 is 29.2 Å². The number of hydrogen-bond donors (Lipinski definition) is 3. The lowest BCUT2D eigenvalue weighted by Crippen LogP contribution is -2.53. The number of anilines is 4. The maximum absolute atomic E-state index is 12.6. The zero-order valence-corrected chi connectivity index (χ0v) is 19.3. The highest BCUT2D eigenvalue weighted by Gasteiger charge is 2.38. The minimum Gasteiger partial charge on any atom is -0.379 e. The second-order valence-corrected chi connectivity index (χ2v) is 8.66. The third-order valence-electron chi connectivity index (χ3n) is 6.24. The number of aromatic nitrogens is 4. The number of alkyl halides is 3. The number of likely N-dealkylation sites (N-methyl/N-ethyl adjacent to an activating group) is 1. The number of hydrogen-bond acceptors (Lipinski definition) is 9. The monoisotopic (exact) mass is 480 g/mol. The number of rotatable bonds is 7. The van der Waals surface area contributed by atoms with E-state index in [1.165, 1.54) is 0 Å². The fraction of sp³-hybridized carbons (Fsp3) is 0.571. The van der Waals surface area contributed by atoms with Gasteiger partial charge in [0.1, 0.15) is 17.5 Å². The third-order valence-corrected chi connectivity index (χ3v) is 6.24. The summed E-state index contributed by atoms with van der Waals surface area (Å²) in [6, 6.07) is -0.341. The van der Waals surface area contributed by atoms with Gasteiger partial charge in [0.25, 0.3) is 0 Å². The molecule has 0 saturated heterocycles. The van der Waals surface area contributed by atoms with Gasteiger partial charge >= 0.3 is 6.18 Å². The molecule has 13 heteroatoms. The molecule has 0 bridgehead atoms. The Bertz CT molecular complexity index is 1040. The topological polar surface area (TPSA) is 117 Å². The first-order valence-electron chi connectivity index (χ1n) is 10.9. The second kappa shape index (κ2) is 9.20. The Morgan fingerprint density at radius 2 is 2.00 bits per heavy atom. The number of halogens is 3. The van der Waals surface area contributed by atoms with Crippen LogP contribution in [0.15, 0.2) is 12.4 Å². The van der Waals surface area contributed by atoms with Gasteiger partial charge < -0.3 is 25.6 Å². The van der Waals surface area contributed by atoms with Crippen LogP contribution >= 0.6 is 0 Å². The zero-order chi connectivity index (χ0) is 24.6. The summed E-state index contributed by atoms with van der Waals surface area (Å²) in [4.78, 5) is 30.6. The molecule has 1 aliphatic carbocycles. The first kappa shape index (κ1) is 23.9. The molecule has 3 N–H and O–H groups in total. The van der Waals surface area contributed by atoms with Crippen LogP contribution in [-0.2, 0) is 15.7 Å². The molecule has 184 valence electrons. The van der Waals surface area contributed by atoms with Crippen molar-refractivity contribution in [3.8, 4) is 0 Å². The molecule has 2 aromatic rings. The smallest absolute Gasteiger partial charge is 0.379 e. The summed E-state index contributed by atoms with van der Waals surface area (Å²) < 4.78 is 43.1. The highest BCUT2D eigenvalue weighted by Crippen LogP contribution is 2.35. The van der Waals surface area contributed by atoms with E-state index in [1.807, 2.05) is 20.9 Å². The Balaban J connectivity index is 1.32. The summed E-state index contributed by atoms with van der Waals surface area (Å²) in [6.07, 6.45) is -1.32. The van der Waals surface area contributed by atoms with Crippen LogP contribution in [0.5, 0.6) is 0 Å². The molecule has 2 aromatic heterocycles. The number of ether oxygens (including phenoxy) is 1. The van der Waals surface area contributed by atoms with Gasteiger partial charge in [0.2, 0.25) is 11.9 Å². The lowest BCUT2D eigenvalue weighted by atomic mass is 9.80. The molecule has 0 radical (unpaired) electrons. The first-order chi connectivity index (χ1) is 16.1. The van der Waals surface area contributed by atoms with Crippen molar-refractivity contribution in [3.63, 3.8) is 0 Å². The summed E-state index contributed by atoms with van der Waals surface area (Å²) in [5.41, 5.74) is 0.236. The van der Waals surface area contributed by atoms with Crippen LogP contribution < -0.4 is 20.9 Å². The molecular weight excluding hydrogens is 453 g/mol. The van der Waals surface area contributed by atoms with E-state index in [0.717, 1.165) is 25.2 Å². The van der Waals surface area contributed by atoms with E-state index >= 15 is 0 Å². The minimum atomic E-state index is -4.50. The Morgan fingerprint density at radius 3 is 2.62 bits per heavy atom. The first-order valence-corrected chi connectivity index (χ1v) is 10.9. The third kappa shape index (κ3) is 4.83. The molecule has 2 atom stereocenters. The summed E-state index contributed by atoms with van der Waals surface area (Å²) in [7, 11) is 3.37. The highest BCUT2D eigenvalue weighted by molar-refractivity contribution is 6.03. The molecule has 1 amide bonds. The van der Waals surface area contributed by atoms with Crippen molar-refractivity contribution in [2.45, 2.75) is 51.1 Å². The largest absolute Gasteiger partial charge is 0.434 e. The van der Waals surface area contributed by atoms with Gasteiger partial charge in [0.05, 0.1) is 24.2 Å². The molecule has 1 aliphatic heterocycles. The molecule has 10 nitrogen and oxygen atoms in total. The van der Waals surface area contributed by atoms with E-state index in [-0.39, 0.29) is 18.1 Å². The van der Waals surface area contributed by atoms with Crippen LogP contribution in [0.25, 0.3) is 0 Å². The summed E-state index contributed by atoms with van der Waals surface area (Å²) >= 11 is 0. The van der Waals surface area contributed by atoms with Crippen LogP contribution in [0.2, 0.25) is 0 Å². The van der Waals surface area contributed by atoms with Crippen molar-refractivity contribution in [2.75, 3.05) is 41.6 Å². The van der Waals surface area contributed by atoms with E-state index in [9.17, 15) is 18.0 Å². The van der Waals surface area contributed by atoms with Crippen LogP contribution in [0.1, 0.15) is 31.2 Å². The van der Waals surface area contributed by atoms with Gasteiger partial charge in [-0.15, -0.1) is 0 Å². The molecule has 34 heavy (non-hydrogen) atoms. The lowest BCUT2D eigenvalue weighted by Gasteiger charge is -2.38. The summed E-state index contributed by atoms with van der Waals surface area (Å²) in [6.45, 7) is 4.23. The normalized spacial score (nSPS) is 23.0. The van der Waals surface area contributed by atoms with E-state index in [2.05, 4.69) is 35.9 Å². The molecule has 0 aromatic carbocycles. The van der Waals surface area contributed by atoms with Gasteiger partial charge in [0, 0.05) is 26.7 Å². The average molecular weight is 480 g/mol. The van der Waals surface area contributed by atoms with Gasteiger partial charge in [0.15, 0.2) is 11.5 Å². The minimum absolute atomic E-state index is 0.163. The number of nitrogens with zero attached hydrogens (tertiary/aromatic N) is 5. The predicted molar refractivity (Wildman–Crippen MR) is 120 cm³/mol. The van der Waals surface area contributed by atoms with Crippen LogP contribution in [-0.4, -0.2) is 64.7 Å². The summed E-state index contributed by atoms with van der Waals surface area (Å²) in [5, 5.41) is 9.26. The standard InChI is InChI=1S/C21H27F3N8O2/c1-10-16-18(32(3)17(11(2)34-4)19(33)30-16)31-20(28-10)29-13-5-12(6-13)7-26-15-9-25-14(8-27-15)21(22,23)24/h8-9,11-13,17H,5-7H2,1-4H3,(H,26,27)(H,30,33)(H,28,29,31)/t11-,12?,13?,17+/m1/s1. The van der Waals surface area contributed by atoms with Crippen molar-refractivity contribution in [1.82, 2.24) is 19.9 Å². The van der Waals surface area contributed by atoms with Crippen LogP contribution in [0.3, 0.4) is 0 Å². The molecule has 0 unspecified atom stereocenters. The van der Waals surface area contributed by atoms with Gasteiger partial charge in [-0.1, -0.05) is 0 Å². The van der Waals surface area contributed by atoms with E-state index < -0.39 is 17.9 Å². The number of carbonyl (C=O) groups excluding carboxylic acids is 1. The van der Waals surface area contributed by atoms with Gasteiger partial charge in [-0.2, -0.15) is 18.2 Å². The van der Waals surface area contributed by atoms with Crippen LogP contribution in [0.4, 0.5) is 36.4 Å². The molecule has 3 heterocycles. The lowest BCUT2D eigenvalue weighted by molar-refractivity contribution is -0.141.